The Labute approximate surface area is 147 Å². The Morgan fingerprint density at radius 2 is 2.00 bits per heavy atom. The summed E-state index contributed by atoms with van der Waals surface area (Å²) in [6.07, 6.45) is 0. The maximum Gasteiger partial charge on any atom is 0.254 e. The molecule has 1 atom stereocenters. The fourth-order valence-corrected chi connectivity index (χ4v) is 3.55. The molecule has 1 fully saturated rings. The van der Waals surface area contributed by atoms with Gasteiger partial charge in [0.1, 0.15) is 5.82 Å². The molecule has 3 aromatic rings. The quantitative estimate of drug-likeness (QED) is 0.784. The number of carbonyl (C=O) groups excluding carboxylic acids is 1. The highest BCUT2D eigenvalue weighted by atomic mass is 16.2. The Balaban J connectivity index is 1.73. The molecule has 1 aromatic heterocycles. The molecule has 0 unspecified atom stereocenters. The lowest BCUT2D eigenvalue weighted by Crippen LogP contribution is -2.52. The van der Waals surface area contributed by atoms with Crippen LogP contribution in [0.15, 0.2) is 48.5 Å². The number of para-hydroxylation sites is 1. The minimum atomic E-state index is 0.0859. The normalized spacial score (nSPS) is 17.8. The Kier molecular flexibility index (Phi) is 4.01. The number of nitrogens with zero attached hydrogens (tertiary/aromatic N) is 3. The SMILES string of the molecule is Cc1nc2cc(C(=O)N3CCNC[C@H]3C)ccc2n1-c1ccccc1. The van der Waals surface area contributed by atoms with Gasteiger partial charge in [-0.05, 0) is 44.2 Å². The molecule has 1 saturated heterocycles. The van der Waals surface area contributed by atoms with Crippen molar-refractivity contribution in [3.8, 4) is 5.69 Å². The molecule has 1 aliphatic heterocycles. The first kappa shape index (κ1) is 15.8. The van der Waals surface area contributed by atoms with Crippen LogP contribution in [-0.4, -0.2) is 46.0 Å². The summed E-state index contributed by atoms with van der Waals surface area (Å²) >= 11 is 0. The van der Waals surface area contributed by atoms with E-state index in [4.69, 9.17) is 0 Å². The molecule has 25 heavy (non-hydrogen) atoms. The van der Waals surface area contributed by atoms with Gasteiger partial charge in [-0.2, -0.15) is 0 Å². The standard InChI is InChI=1S/C20H22N4O/c1-14-13-21-10-11-23(14)20(25)16-8-9-19-18(12-16)22-15(2)24(19)17-6-4-3-5-7-17/h3-9,12,14,21H,10-11,13H2,1-2H3/t14-/m1/s1. The molecule has 128 valence electrons. The molecule has 5 nitrogen and oxygen atoms in total. The fourth-order valence-electron chi connectivity index (χ4n) is 3.55. The second kappa shape index (κ2) is 6.33. The summed E-state index contributed by atoms with van der Waals surface area (Å²) in [6, 6.07) is 16.2. The molecule has 0 bridgehead atoms. The zero-order valence-corrected chi connectivity index (χ0v) is 14.6. The topological polar surface area (TPSA) is 50.2 Å². The number of imidazole rings is 1. The van der Waals surface area contributed by atoms with E-state index in [0.29, 0.717) is 5.56 Å². The van der Waals surface area contributed by atoms with Crippen molar-refractivity contribution >= 4 is 16.9 Å². The van der Waals surface area contributed by atoms with Crippen LogP contribution in [0.2, 0.25) is 0 Å². The van der Waals surface area contributed by atoms with Crippen LogP contribution in [-0.2, 0) is 0 Å². The maximum absolute atomic E-state index is 12.9. The van der Waals surface area contributed by atoms with Crippen molar-refractivity contribution in [3.05, 3.63) is 59.9 Å². The van der Waals surface area contributed by atoms with E-state index in [1.165, 1.54) is 0 Å². The first-order valence-electron chi connectivity index (χ1n) is 8.71. The summed E-state index contributed by atoms with van der Waals surface area (Å²) in [4.78, 5) is 19.5. The lowest BCUT2D eigenvalue weighted by molar-refractivity contribution is 0.0656. The van der Waals surface area contributed by atoms with Gasteiger partial charge in [-0.15, -0.1) is 0 Å². The smallest absolute Gasteiger partial charge is 0.254 e. The van der Waals surface area contributed by atoms with E-state index in [-0.39, 0.29) is 11.9 Å². The molecule has 0 saturated carbocycles. The highest BCUT2D eigenvalue weighted by molar-refractivity contribution is 5.98. The number of rotatable bonds is 2. The third-order valence-corrected chi connectivity index (χ3v) is 4.85. The van der Waals surface area contributed by atoms with Gasteiger partial charge in [0.25, 0.3) is 5.91 Å². The molecule has 1 aliphatic rings. The summed E-state index contributed by atoms with van der Waals surface area (Å²) < 4.78 is 2.12. The molecule has 0 spiro atoms. The van der Waals surface area contributed by atoms with Crippen molar-refractivity contribution < 1.29 is 4.79 Å². The number of benzene rings is 2. The number of nitrogens with one attached hydrogen (secondary N) is 1. The minimum Gasteiger partial charge on any atom is -0.333 e. The van der Waals surface area contributed by atoms with Crippen molar-refractivity contribution in [1.82, 2.24) is 19.8 Å². The van der Waals surface area contributed by atoms with Crippen LogP contribution in [0.5, 0.6) is 0 Å². The van der Waals surface area contributed by atoms with Crippen LogP contribution < -0.4 is 5.32 Å². The summed E-state index contributed by atoms with van der Waals surface area (Å²) in [5.41, 5.74) is 3.67. The number of fused-ring (bicyclic) bond motifs is 1. The number of carbonyl (C=O) groups is 1. The molecule has 2 aromatic carbocycles. The van der Waals surface area contributed by atoms with E-state index in [9.17, 15) is 4.79 Å². The lowest BCUT2D eigenvalue weighted by Gasteiger charge is -2.34. The van der Waals surface area contributed by atoms with Crippen molar-refractivity contribution in [2.24, 2.45) is 0 Å². The van der Waals surface area contributed by atoms with Gasteiger partial charge in [-0.1, -0.05) is 18.2 Å². The van der Waals surface area contributed by atoms with Gasteiger partial charge >= 0.3 is 0 Å². The predicted octanol–water partition coefficient (Wildman–Crippen LogP) is 2.77. The van der Waals surface area contributed by atoms with E-state index >= 15 is 0 Å². The van der Waals surface area contributed by atoms with Gasteiger partial charge in [0, 0.05) is 36.9 Å². The van der Waals surface area contributed by atoms with Gasteiger partial charge in [-0.25, -0.2) is 4.98 Å². The first-order valence-corrected chi connectivity index (χ1v) is 8.71. The van der Waals surface area contributed by atoms with Gasteiger partial charge in [-0.3, -0.25) is 9.36 Å². The zero-order chi connectivity index (χ0) is 17.4. The van der Waals surface area contributed by atoms with Crippen LogP contribution in [0.4, 0.5) is 0 Å². The van der Waals surface area contributed by atoms with E-state index in [2.05, 4.69) is 33.9 Å². The number of aryl methyl sites for hydroxylation is 1. The molecular weight excluding hydrogens is 312 g/mol. The number of amides is 1. The number of aromatic nitrogens is 2. The van der Waals surface area contributed by atoms with Crippen LogP contribution in [0.1, 0.15) is 23.1 Å². The molecule has 1 N–H and O–H groups in total. The fraction of sp³-hybridized carbons (Fsp3) is 0.300. The lowest BCUT2D eigenvalue weighted by atomic mass is 10.1. The Morgan fingerprint density at radius 3 is 2.76 bits per heavy atom. The van der Waals surface area contributed by atoms with Gasteiger partial charge in [0.15, 0.2) is 0 Å². The van der Waals surface area contributed by atoms with Crippen molar-refractivity contribution in [3.63, 3.8) is 0 Å². The molecule has 4 rings (SSSR count). The van der Waals surface area contributed by atoms with Crippen LogP contribution in [0.3, 0.4) is 0 Å². The molecule has 5 heteroatoms. The van der Waals surface area contributed by atoms with Crippen molar-refractivity contribution in [2.75, 3.05) is 19.6 Å². The Hall–Kier alpha value is -2.66. The average molecular weight is 334 g/mol. The molecule has 1 amide bonds. The largest absolute Gasteiger partial charge is 0.333 e. The predicted molar refractivity (Wildman–Crippen MR) is 99.2 cm³/mol. The van der Waals surface area contributed by atoms with E-state index in [1.54, 1.807) is 0 Å². The molecule has 0 radical (unpaired) electrons. The van der Waals surface area contributed by atoms with Crippen molar-refractivity contribution in [1.29, 1.82) is 0 Å². The monoisotopic (exact) mass is 334 g/mol. The average Bonchev–Trinajstić information content (AvgIpc) is 2.97. The summed E-state index contributed by atoms with van der Waals surface area (Å²) in [5.74, 6) is 1.00. The van der Waals surface area contributed by atoms with Crippen molar-refractivity contribution in [2.45, 2.75) is 19.9 Å². The summed E-state index contributed by atoms with van der Waals surface area (Å²) in [6.45, 7) is 6.51. The molecular formula is C20H22N4O. The Bertz CT molecular complexity index is 916. The van der Waals surface area contributed by atoms with Crippen LogP contribution >= 0.6 is 0 Å². The summed E-state index contributed by atoms with van der Waals surface area (Å²) in [7, 11) is 0. The van der Waals surface area contributed by atoms with Gasteiger partial charge in [0.05, 0.1) is 11.0 Å². The zero-order valence-electron chi connectivity index (χ0n) is 14.6. The first-order chi connectivity index (χ1) is 12.1. The number of piperazine rings is 1. The summed E-state index contributed by atoms with van der Waals surface area (Å²) in [5, 5.41) is 3.32. The number of hydrogen-bond acceptors (Lipinski definition) is 3. The third-order valence-electron chi connectivity index (χ3n) is 4.85. The highest BCUT2D eigenvalue weighted by Gasteiger charge is 2.24. The Morgan fingerprint density at radius 1 is 1.20 bits per heavy atom. The molecule has 0 aliphatic carbocycles. The second-order valence-electron chi connectivity index (χ2n) is 6.59. The minimum absolute atomic E-state index is 0.0859. The van der Waals surface area contributed by atoms with E-state index in [0.717, 1.165) is 42.2 Å². The van der Waals surface area contributed by atoms with Crippen LogP contribution in [0, 0.1) is 6.92 Å². The van der Waals surface area contributed by atoms with Gasteiger partial charge < -0.3 is 10.2 Å². The third kappa shape index (κ3) is 2.81. The second-order valence-corrected chi connectivity index (χ2v) is 6.59. The van der Waals surface area contributed by atoms with Crippen LogP contribution in [0.25, 0.3) is 16.7 Å². The van der Waals surface area contributed by atoms with E-state index in [1.807, 2.05) is 48.2 Å². The number of hydrogen-bond donors (Lipinski definition) is 1. The van der Waals surface area contributed by atoms with E-state index < -0.39 is 0 Å². The highest BCUT2D eigenvalue weighted by Crippen LogP contribution is 2.23. The molecule has 2 heterocycles. The van der Waals surface area contributed by atoms with Gasteiger partial charge in [0.2, 0.25) is 0 Å². The maximum atomic E-state index is 12.9.